The Morgan fingerprint density at radius 1 is 1.19 bits per heavy atom. The smallest absolute Gasteiger partial charge is 0.244 e. The van der Waals surface area contributed by atoms with Crippen LogP contribution in [0, 0.1) is 0 Å². The van der Waals surface area contributed by atoms with Crippen LogP contribution in [0.2, 0.25) is 0 Å². The molecule has 0 unspecified atom stereocenters. The number of benzene rings is 1. The Hall–Kier alpha value is -2.38. The highest BCUT2D eigenvalue weighted by molar-refractivity contribution is 7.13. The van der Waals surface area contributed by atoms with Gasteiger partial charge in [-0.2, -0.15) is 4.98 Å². The summed E-state index contributed by atoms with van der Waals surface area (Å²) >= 11 is 1.61. The highest BCUT2D eigenvalue weighted by atomic mass is 32.1. The molecule has 1 aliphatic heterocycles. The van der Waals surface area contributed by atoms with Crippen LogP contribution in [-0.4, -0.2) is 35.8 Å². The average molecular weight is 371 g/mol. The minimum absolute atomic E-state index is 0.0532. The van der Waals surface area contributed by atoms with Crippen molar-refractivity contribution in [3.8, 4) is 22.2 Å². The van der Waals surface area contributed by atoms with Crippen molar-refractivity contribution in [2.24, 2.45) is 0 Å². The molecule has 0 amide bonds. The third kappa shape index (κ3) is 3.08. The number of rotatable bonds is 5. The largest absolute Gasteiger partial charge is 0.493 e. The van der Waals surface area contributed by atoms with Gasteiger partial charge < -0.3 is 14.0 Å². The minimum atomic E-state index is 0.0532. The number of hydrogen-bond acceptors (Lipinski definition) is 7. The summed E-state index contributed by atoms with van der Waals surface area (Å²) in [6, 6.07) is 8.19. The number of hydrogen-bond donors (Lipinski definition) is 0. The Kier molecular flexibility index (Phi) is 4.65. The van der Waals surface area contributed by atoms with Crippen molar-refractivity contribution in [3.05, 3.63) is 46.7 Å². The molecule has 6 nitrogen and oxygen atoms in total. The molecule has 1 atom stereocenters. The quantitative estimate of drug-likeness (QED) is 0.677. The van der Waals surface area contributed by atoms with Crippen molar-refractivity contribution in [2.45, 2.75) is 25.9 Å². The molecule has 0 N–H and O–H groups in total. The van der Waals surface area contributed by atoms with E-state index in [2.05, 4.69) is 34.1 Å². The summed E-state index contributed by atoms with van der Waals surface area (Å²) in [6.07, 6.45) is 0.950. The Morgan fingerprint density at radius 3 is 2.65 bits per heavy atom. The lowest BCUT2D eigenvalue weighted by molar-refractivity contribution is 0.157. The molecule has 26 heavy (non-hydrogen) atoms. The molecule has 0 fully saturated rings. The molecule has 7 heteroatoms. The third-order valence-electron chi connectivity index (χ3n) is 4.84. The van der Waals surface area contributed by atoms with Gasteiger partial charge in [-0.15, -0.1) is 11.3 Å². The van der Waals surface area contributed by atoms with Gasteiger partial charge in [0.1, 0.15) is 0 Å². The second-order valence-electron chi connectivity index (χ2n) is 6.31. The van der Waals surface area contributed by atoms with E-state index in [1.54, 1.807) is 25.6 Å². The fourth-order valence-corrected chi connectivity index (χ4v) is 3.95. The molecule has 0 saturated heterocycles. The number of ether oxygens (including phenoxy) is 2. The summed E-state index contributed by atoms with van der Waals surface area (Å²) in [5, 5.41) is 6.14. The number of thiophene rings is 1. The predicted molar refractivity (Wildman–Crippen MR) is 99.7 cm³/mol. The van der Waals surface area contributed by atoms with Gasteiger partial charge in [0.2, 0.25) is 11.7 Å². The zero-order chi connectivity index (χ0) is 18.1. The summed E-state index contributed by atoms with van der Waals surface area (Å²) < 4.78 is 16.4. The normalized spacial score (nSPS) is 15.5. The lowest BCUT2D eigenvalue weighted by Gasteiger charge is -2.32. The van der Waals surface area contributed by atoms with Crippen molar-refractivity contribution in [1.29, 1.82) is 0 Å². The first-order chi connectivity index (χ1) is 12.7. The van der Waals surface area contributed by atoms with Crippen molar-refractivity contribution < 1.29 is 14.0 Å². The summed E-state index contributed by atoms with van der Waals surface area (Å²) in [6.45, 7) is 3.85. The maximum absolute atomic E-state index is 5.53. The average Bonchev–Trinajstić information content (AvgIpc) is 3.37. The first-order valence-electron chi connectivity index (χ1n) is 8.55. The van der Waals surface area contributed by atoms with Crippen molar-refractivity contribution in [2.75, 3.05) is 20.8 Å². The van der Waals surface area contributed by atoms with Crippen LogP contribution >= 0.6 is 11.3 Å². The molecule has 0 saturated carbocycles. The molecule has 3 heterocycles. The standard InChI is InChI=1S/C19H21N3O3S/c1-12(19-20-18(21-25-19)17-5-4-8-26-17)22-7-6-13-9-15(23-2)16(24-3)10-14(13)11-22/h4-5,8-10,12H,6-7,11H2,1-3H3/t12-/m0/s1. The monoisotopic (exact) mass is 371 g/mol. The maximum atomic E-state index is 5.53. The molecule has 1 aromatic carbocycles. The Balaban J connectivity index is 1.55. The van der Waals surface area contributed by atoms with Gasteiger partial charge in [-0.3, -0.25) is 4.90 Å². The van der Waals surface area contributed by atoms with Gasteiger partial charge in [0.05, 0.1) is 25.1 Å². The van der Waals surface area contributed by atoms with Gasteiger partial charge in [0, 0.05) is 13.1 Å². The topological polar surface area (TPSA) is 60.6 Å². The lowest BCUT2D eigenvalue weighted by Crippen LogP contribution is -2.33. The number of fused-ring (bicyclic) bond motifs is 1. The summed E-state index contributed by atoms with van der Waals surface area (Å²) in [4.78, 5) is 7.96. The van der Waals surface area contributed by atoms with Gasteiger partial charge in [0.15, 0.2) is 11.5 Å². The third-order valence-corrected chi connectivity index (χ3v) is 5.70. The van der Waals surface area contributed by atoms with Gasteiger partial charge in [-0.1, -0.05) is 11.2 Å². The molecule has 0 spiro atoms. The summed E-state index contributed by atoms with van der Waals surface area (Å²) in [5.41, 5.74) is 2.55. The van der Waals surface area contributed by atoms with Crippen LogP contribution in [0.15, 0.2) is 34.2 Å². The number of nitrogens with zero attached hydrogens (tertiary/aromatic N) is 3. The van der Waals surface area contributed by atoms with E-state index < -0.39 is 0 Å². The summed E-state index contributed by atoms with van der Waals surface area (Å²) in [5.74, 6) is 2.85. The number of aromatic nitrogens is 2. The van der Waals surface area contributed by atoms with E-state index in [0.29, 0.717) is 11.7 Å². The highest BCUT2D eigenvalue weighted by Crippen LogP contribution is 2.35. The first kappa shape index (κ1) is 17.1. The molecule has 0 radical (unpaired) electrons. The Bertz CT molecular complexity index is 892. The van der Waals surface area contributed by atoms with Crippen molar-refractivity contribution >= 4 is 11.3 Å². The lowest BCUT2D eigenvalue weighted by atomic mass is 9.97. The predicted octanol–water partition coefficient (Wildman–Crippen LogP) is 3.93. The van der Waals surface area contributed by atoms with E-state index in [1.807, 2.05) is 17.5 Å². The molecule has 2 aromatic heterocycles. The van der Waals surface area contributed by atoms with Crippen LogP contribution in [-0.2, 0) is 13.0 Å². The van der Waals surface area contributed by atoms with Crippen LogP contribution in [0.25, 0.3) is 10.7 Å². The van der Waals surface area contributed by atoms with Crippen molar-refractivity contribution in [1.82, 2.24) is 15.0 Å². The minimum Gasteiger partial charge on any atom is -0.493 e. The van der Waals surface area contributed by atoms with Crippen LogP contribution < -0.4 is 9.47 Å². The van der Waals surface area contributed by atoms with E-state index in [-0.39, 0.29) is 6.04 Å². The molecule has 3 aromatic rings. The van der Waals surface area contributed by atoms with Gasteiger partial charge in [-0.25, -0.2) is 0 Å². The van der Waals surface area contributed by atoms with E-state index in [4.69, 9.17) is 14.0 Å². The Morgan fingerprint density at radius 2 is 1.96 bits per heavy atom. The molecular weight excluding hydrogens is 350 g/mol. The molecular formula is C19H21N3O3S. The van der Waals surface area contributed by atoms with Crippen molar-refractivity contribution in [3.63, 3.8) is 0 Å². The van der Waals surface area contributed by atoms with Gasteiger partial charge in [-0.05, 0) is 48.1 Å². The fraction of sp³-hybridized carbons (Fsp3) is 0.368. The molecule has 0 bridgehead atoms. The highest BCUT2D eigenvalue weighted by Gasteiger charge is 2.27. The zero-order valence-electron chi connectivity index (χ0n) is 15.1. The Labute approximate surface area is 156 Å². The fourth-order valence-electron chi connectivity index (χ4n) is 3.30. The van der Waals surface area contributed by atoms with Crippen LogP contribution in [0.5, 0.6) is 11.5 Å². The maximum Gasteiger partial charge on any atom is 0.244 e. The second-order valence-corrected chi connectivity index (χ2v) is 7.25. The molecule has 4 rings (SSSR count). The van der Waals surface area contributed by atoms with E-state index >= 15 is 0 Å². The van der Waals surface area contributed by atoms with E-state index in [9.17, 15) is 0 Å². The first-order valence-corrected chi connectivity index (χ1v) is 9.43. The van der Waals surface area contributed by atoms with E-state index in [1.165, 1.54) is 11.1 Å². The SMILES string of the molecule is COc1cc2c(cc1OC)CN([C@@H](C)c1nc(-c3cccs3)no1)CC2. The zero-order valence-corrected chi connectivity index (χ0v) is 15.9. The van der Waals surface area contributed by atoms with E-state index in [0.717, 1.165) is 35.9 Å². The van der Waals surface area contributed by atoms with Gasteiger partial charge >= 0.3 is 0 Å². The molecule has 0 aliphatic carbocycles. The van der Waals surface area contributed by atoms with Crippen LogP contribution in [0.1, 0.15) is 30.0 Å². The molecule has 136 valence electrons. The molecule has 1 aliphatic rings. The van der Waals surface area contributed by atoms with Gasteiger partial charge in [0.25, 0.3) is 0 Å². The van der Waals surface area contributed by atoms with Crippen LogP contribution in [0.4, 0.5) is 0 Å². The number of methoxy groups -OCH3 is 2. The summed E-state index contributed by atoms with van der Waals surface area (Å²) in [7, 11) is 3.33. The van der Waals surface area contributed by atoms with Crippen LogP contribution in [0.3, 0.4) is 0 Å². The second kappa shape index (κ2) is 7.09.